The summed E-state index contributed by atoms with van der Waals surface area (Å²) < 4.78 is 18.3. The van der Waals surface area contributed by atoms with Gasteiger partial charge < -0.3 is 20.7 Å². The number of halogens is 1. The molecule has 30 heavy (non-hydrogen) atoms. The van der Waals surface area contributed by atoms with Gasteiger partial charge in [0.05, 0.1) is 12.8 Å². The Hall–Kier alpha value is -3.59. The quantitative estimate of drug-likeness (QED) is 0.442. The van der Waals surface area contributed by atoms with Crippen LogP contribution >= 0.6 is 0 Å². The predicted octanol–water partition coefficient (Wildman–Crippen LogP) is 3.13. The van der Waals surface area contributed by atoms with Crippen LogP contribution < -0.4 is 16.0 Å². The lowest BCUT2D eigenvalue weighted by Crippen LogP contribution is -2.27. The van der Waals surface area contributed by atoms with E-state index in [1.807, 2.05) is 6.92 Å². The number of carbonyl (C=O) groups is 1. The molecule has 0 unspecified atom stereocenters. The number of amides is 1. The van der Waals surface area contributed by atoms with Crippen LogP contribution in [0.25, 0.3) is 0 Å². The molecule has 0 bridgehead atoms. The van der Waals surface area contributed by atoms with Crippen LogP contribution in [0.15, 0.2) is 55.0 Å². The Morgan fingerprint density at radius 1 is 1.10 bits per heavy atom. The van der Waals surface area contributed by atoms with Gasteiger partial charge in [-0.1, -0.05) is 12.1 Å². The zero-order valence-electron chi connectivity index (χ0n) is 16.6. The summed E-state index contributed by atoms with van der Waals surface area (Å²) in [4.78, 5) is 25.2. The van der Waals surface area contributed by atoms with Gasteiger partial charge in [-0.15, -0.1) is 0 Å². The molecule has 0 aliphatic heterocycles. The van der Waals surface area contributed by atoms with Gasteiger partial charge in [0, 0.05) is 37.7 Å². The highest BCUT2D eigenvalue weighted by atomic mass is 19.1. The molecule has 0 radical (unpaired) electrons. The summed E-state index contributed by atoms with van der Waals surface area (Å²) in [5, 5.41) is 9.02. The van der Waals surface area contributed by atoms with Crippen molar-refractivity contribution >= 4 is 23.4 Å². The molecule has 1 amide bonds. The third-order valence-electron chi connectivity index (χ3n) is 4.03. The van der Waals surface area contributed by atoms with E-state index in [0.29, 0.717) is 49.3 Å². The second-order valence-electron chi connectivity index (χ2n) is 6.27. The molecule has 0 fully saturated rings. The number of nitrogens with zero attached hydrogens (tertiary/aromatic N) is 3. The number of aromatic nitrogens is 3. The molecule has 0 saturated heterocycles. The van der Waals surface area contributed by atoms with Gasteiger partial charge in [0.1, 0.15) is 23.3 Å². The average Bonchev–Trinajstić information content (AvgIpc) is 2.77. The molecule has 9 heteroatoms. The number of hydrogen-bond acceptors (Lipinski definition) is 7. The Labute approximate surface area is 173 Å². The normalized spacial score (nSPS) is 10.5. The van der Waals surface area contributed by atoms with E-state index in [2.05, 4.69) is 30.9 Å². The summed E-state index contributed by atoms with van der Waals surface area (Å²) >= 11 is 0. The summed E-state index contributed by atoms with van der Waals surface area (Å²) in [6, 6.07) is 9.45. The Bertz CT molecular complexity index is 953. The number of hydrogen-bond donors (Lipinski definition) is 3. The number of ether oxygens (including phenoxy) is 1. The average molecular weight is 410 g/mol. The molecule has 3 N–H and O–H groups in total. The van der Waals surface area contributed by atoms with Gasteiger partial charge in [-0.25, -0.2) is 14.4 Å². The van der Waals surface area contributed by atoms with Crippen molar-refractivity contribution in [3.8, 4) is 0 Å². The molecule has 0 atom stereocenters. The number of anilines is 3. The van der Waals surface area contributed by atoms with Crippen molar-refractivity contribution in [2.24, 2.45) is 0 Å². The second kappa shape index (κ2) is 10.8. The highest BCUT2D eigenvalue weighted by molar-refractivity contribution is 5.95. The van der Waals surface area contributed by atoms with Gasteiger partial charge in [-0.3, -0.25) is 9.78 Å². The molecule has 0 spiro atoms. The zero-order chi connectivity index (χ0) is 21.2. The largest absolute Gasteiger partial charge is 0.380 e. The highest BCUT2D eigenvalue weighted by Gasteiger charge is 2.11. The minimum absolute atomic E-state index is 0.246. The van der Waals surface area contributed by atoms with Crippen molar-refractivity contribution in [3.63, 3.8) is 0 Å². The Morgan fingerprint density at radius 3 is 2.63 bits per heavy atom. The van der Waals surface area contributed by atoms with E-state index in [1.165, 1.54) is 12.1 Å². The van der Waals surface area contributed by atoms with Crippen molar-refractivity contribution < 1.29 is 13.9 Å². The molecule has 0 saturated carbocycles. The summed E-state index contributed by atoms with van der Waals surface area (Å²) in [6.45, 7) is 3.75. The van der Waals surface area contributed by atoms with Crippen molar-refractivity contribution in [2.45, 2.75) is 13.5 Å². The van der Waals surface area contributed by atoms with Gasteiger partial charge in [0.25, 0.3) is 5.91 Å². The second-order valence-corrected chi connectivity index (χ2v) is 6.27. The molecule has 0 aliphatic carbocycles. The molecule has 2 heterocycles. The van der Waals surface area contributed by atoms with Gasteiger partial charge in [0.2, 0.25) is 0 Å². The van der Waals surface area contributed by atoms with E-state index in [0.717, 1.165) is 5.56 Å². The van der Waals surface area contributed by atoms with Gasteiger partial charge in [0.15, 0.2) is 0 Å². The monoisotopic (exact) mass is 410 g/mol. The molecule has 3 aromatic rings. The number of carbonyl (C=O) groups excluding carboxylic acids is 1. The third-order valence-corrected chi connectivity index (χ3v) is 4.03. The van der Waals surface area contributed by atoms with Crippen LogP contribution in [-0.4, -0.2) is 40.6 Å². The number of rotatable bonds is 10. The number of nitrogens with one attached hydrogen (secondary N) is 3. The Balaban J connectivity index is 1.76. The molecule has 0 aliphatic rings. The van der Waals surface area contributed by atoms with E-state index in [9.17, 15) is 9.18 Å². The zero-order valence-corrected chi connectivity index (χ0v) is 16.6. The number of benzene rings is 1. The van der Waals surface area contributed by atoms with E-state index in [1.54, 1.807) is 42.9 Å². The van der Waals surface area contributed by atoms with Crippen LogP contribution in [0.5, 0.6) is 0 Å². The maximum atomic E-state index is 13.1. The fourth-order valence-electron chi connectivity index (χ4n) is 2.59. The van der Waals surface area contributed by atoms with Crippen LogP contribution in [0, 0.1) is 5.82 Å². The van der Waals surface area contributed by atoms with Crippen LogP contribution in [0.3, 0.4) is 0 Å². The maximum absolute atomic E-state index is 13.1. The lowest BCUT2D eigenvalue weighted by Gasteiger charge is -2.12. The molecule has 3 rings (SSSR count). The molecule has 2 aromatic heterocycles. The Kier molecular flexibility index (Phi) is 7.62. The minimum atomic E-state index is -0.293. The fourth-order valence-corrected chi connectivity index (χ4v) is 2.59. The molecular formula is C21H23FN6O2. The van der Waals surface area contributed by atoms with Crippen LogP contribution in [-0.2, 0) is 11.3 Å². The molecule has 8 nitrogen and oxygen atoms in total. The fraction of sp³-hybridized carbons (Fsp3) is 0.238. The van der Waals surface area contributed by atoms with E-state index < -0.39 is 0 Å². The van der Waals surface area contributed by atoms with Crippen LogP contribution in [0.1, 0.15) is 22.8 Å². The summed E-state index contributed by atoms with van der Waals surface area (Å²) in [5.41, 5.74) is 1.31. The maximum Gasteiger partial charge on any atom is 0.251 e. The first kappa shape index (κ1) is 21.1. The summed E-state index contributed by atoms with van der Waals surface area (Å²) in [6.07, 6.45) is 4.68. The van der Waals surface area contributed by atoms with Crippen LogP contribution in [0.2, 0.25) is 0 Å². The van der Waals surface area contributed by atoms with E-state index in [-0.39, 0.29) is 11.7 Å². The van der Waals surface area contributed by atoms with Gasteiger partial charge >= 0.3 is 0 Å². The van der Waals surface area contributed by atoms with Crippen molar-refractivity contribution in [2.75, 3.05) is 30.4 Å². The van der Waals surface area contributed by atoms with Crippen molar-refractivity contribution in [1.82, 2.24) is 20.3 Å². The Morgan fingerprint density at radius 2 is 1.90 bits per heavy atom. The molecular weight excluding hydrogens is 387 g/mol. The molecule has 156 valence electrons. The summed E-state index contributed by atoms with van der Waals surface area (Å²) in [5.74, 6) is 0.892. The first-order chi connectivity index (χ1) is 14.6. The minimum Gasteiger partial charge on any atom is -0.380 e. The third kappa shape index (κ3) is 6.49. The van der Waals surface area contributed by atoms with Gasteiger partial charge in [-0.05, 0) is 36.8 Å². The van der Waals surface area contributed by atoms with Crippen molar-refractivity contribution in [3.05, 3.63) is 71.9 Å². The predicted molar refractivity (Wildman–Crippen MR) is 112 cm³/mol. The van der Waals surface area contributed by atoms with Crippen LogP contribution in [0.4, 0.5) is 21.8 Å². The van der Waals surface area contributed by atoms with Crippen molar-refractivity contribution in [1.29, 1.82) is 0 Å². The van der Waals surface area contributed by atoms with Gasteiger partial charge in [-0.2, -0.15) is 0 Å². The van der Waals surface area contributed by atoms with E-state index in [4.69, 9.17) is 4.74 Å². The first-order valence-electron chi connectivity index (χ1n) is 9.53. The molecule has 1 aromatic carbocycles. The standard InChI is InChI=1S/C21H23FN6O2/c1-2-30-10-9-25-21(29)16-11-18(26-13-15-3-5-17(22)6-4-15)27-19(12-16)28-20-14-23-7-8-24-20/h3-8,11-12,14H,2,9-10,13H2,1H3,(H,25,29)(H2,24,26,27,28). The smallest absolute Gasteiger partial charge is 0.251 e. The lowest BCUT2D eigenvalue weighted by atomic mass is 10.2. The summed E-state index contributed by atoms with van der Waals surface area (Å²) in [7, 11) is 0. The number of pyridine rings is 1. The lowest BCUT2D eigenvalue weighted by molar-refractivity contribution is 0.0922. The SMILES string of the molecule is CCOCCNC(=O)c1cc(NCc2ccc(F)cc2)nc(Nc2cnccn2)c1. The van der Waals surface area contributed by atoms with E-state index >= 15 is 0 Å². The topological polar surface area (TPSA) is 101 Å². The first-order valence-corrected chi connectivity index (χ1v) is 9.53. The highest BCUT2D eigenvalue weighted by Crippen LogP contribution is 2.18.